The molecule has 180 valence electrons. The Bertz CT molecular complexity index is 1110. The van der Waals surface area contributed by atoms with Gasteiger partial charge in [0.25, 0.3) is 15.9 Å². The quantitative estimate of drug-likeness (QED) is 0.664. The Labute approximate surface area is 194 Å². The minimum atomic E-state index is -4.03. The van der Waals surface area contributed by atoms with Crippen LogP contribution >= 0.6 is 0 Å². The van der Waals surface area contributed by atoms with Crippen LogP contribution in [0.25, 0.3) is 4.91 Å². The Morgan fingerprint density at radius 2 is 1.85 bits per heavy atom. The summed E-state index contributed by atoms with van der Waals surface area (Å²) < 4.78 is 32.2. The number of rotatable bonds is 4. The van der Waals surface area contributed by atoms with Gasteiger partial charge in [-0.05, 0) is 65.7 Å². The Morgan fingerprint density at radius 1 is 1.18 bits per heavy atom. The Kier molecular flexibility index (Phi) is 6.36. The summed E-state index contributed by atoms with van der Waals surface area (Å²) in [6.07, 6.45) is 1.94. The zero-order chi connectivity index (χ0) is 24.8. The lowest BCUT2D eigenvalue weighted by Crippen LogP contribution is -2.45. The molecule has 2 heterocycles. The summed E-state index contributed by atoms with van der Waals surface area (Å²) in [6, 6.07) is 4.62. The van der Waals surface area contributed by atoms with Crippen molar-refractivity contribution < 1.29 is 27.5 Å². The van der Waals surface area contributed by atoms with Crippen molar-refractivity contribution in [1.29, 1.82) is 0 Å². The van der Waals surface area contributed by atoms with E-state index in [2.05, 4.69) is 5.32 Å². The van der Waals surface area contributed by atoms with E-state index in [1.54, 1.807) is 53.7 Å². The third-order valence-electron chi connectivity index (χ3n) is 5.27. The summed E-state index contributed by atoms with van der Waals surface area (Å²) in [5.74, 6) is -0.607. The fourth-order valence-corrected chi connectivity index (χ4v) is 5.93. The fourth-order valence-electron chi connectivity index (χ4n) is 4.05. The van der Waals surface area contributed by atoms with Gasteiger partial charge in [-0.2, -0.15) is 0 Å². The van der Waals surface area contributed by atoms with Gasteiger partial charge in [-0.1, -0.05) is 6.07 Å². The molecule has 1 N–H and O–H groups in total. The summed E-state index contributed by atoms with van der Waals surface area (Å²) in [5, 5.41) is 2.84. The number of benzene rings is 1. The number of sulfonamides is 1. The van der Waals surface area contributed by atoms with Crippen LogP contribution in [-0.4, -0.2) is 61.3 Å². The van der Waals surface area contributed by atoms with Crippen LogP contribution in [0.15, 0.2) is 24.3 Å². The molecule has 3 rings (SSSR count). The number of ether oxygens (including phenoxy) is 1. The number of alkyl carbamates (subject to hydrolysis) is 1. The van der Waals surface area contributed by atoms with Crippen LogP contribution in [0.5, 0.6) is 0 Å². The van der Waals surface area contributed by atoms with Crippen molar-refractivity contribution in [3.05, 3.63) is 35.4 Å². The molecular weight excluding hydrogens is 446 g/mol. The van der Waals surface area contributed by atoms with Crippen molar-refractivity contribution in [3.63, 3.8) is 0 Å². The summed E-state index contributed by atoms with van der Waals surface area (Å²) in [6.45, 7) is 11.4. The molecule has 10 heteroatoms. The number of nitrogens with one attached hydrogen (secondary N) is 1. The van der Waals surface area contributed by atoms with E-state index in [4.69, 9.17) is 4.74 Å². The van der Waals surface area contributed by atoms with Crippen LogP contribution in [0.1, 0.15) is 63.9 Å². The summed E-state index contributed by atoms with van der Waals surface area (Å²) >= 11 is 0. The molecule has 1 atom stereocenters. The zero-order valence-corrected chi connectivity index (χ0v) is 20.7. The van der Waals surface area contributed by atoms with Gasteiger partial charge in [-0.3, -0.25) is 9.59 Å². The molecule has 1 aromatic carbocycles. The monoisotopic (exact) mass is 477 g/mol. The number of hydrogen-bond donors (Lipinski definition) is 1. The highest BCUT2D eigenvalue weighted by Crippen LogP contribution is 2.37. The predicted octanol–water partition coefficient (Wildman–Crippen LogP) is 2.91. The average Bonchev–Trinajstić information content (AvgIpc) is 3.20. The normalized spacial score (nSPS) is 20.6. The molecule has 2 amide bonds. The summed E-state index contributed by atoms with van der Waals surface area (Å²) in [5.41, 5.74) is -0.279. The summed E-state index contributed by atoms with van der Waals surface area (Å²) in [7, 11) is -4.03. The van der Waals surface area contributed by atoms with E-state index < -0.39 is 33.2 Å². The second-order valence-electron chi connectivity index (χ2n) is 10.3. The third-order valence-corrected chi connectivity index (χ3v) is 7.39. The zero-order valence-electron chi connectivity index (χ0n) is 19.8. The van der Waals surface area contributed by atoms with E-state index in [1.807, 2.05) is 4.90 Å². The van der Waals surface area contributed by atoms with E-state index in [0.29, 0.717) is 37.0 Å². The van der Waals surface area contributed by atoms with Crippen LogP contribution < -0.4 is 10.2 Å². The topological polar surface area (TPSA) is 113 Å². The molecule has 2 aliphatic heterocycles. The maximum atomic E-state index is 13.0. The van der Waals surface area contributed by atoms with E-state index in [0.717, 1.165) is 10.4 Å². The van der Waals surface area contributed by atoms with Crippen LogP contribution in [-0.2, 0) is 19.6 Å². The Balaban J connectivity index is 1.81. The van der Waals surface area contributed by atoms with Gasteiger partial charge in [0.1, 0.15) is 10.5 Å². The van der Waals surface area contributed by atoms with Gasteiger partial charge in [0.05, 0.1) is 11.6 Å². The first-order valence-corrected chi connectivity index (χ1v) is 12.2. The van der Waals surface area contributed by atoms with Crippen molar-refractivity contribution in [3.8, 4) is 0 Å². The van der Waals surface area contributed by atoms with Crippen LogP contribution in [0.2, 0.25) is 0 Å². The second kappa shape index (κ2) is 8.48. The fraction of sp³-hybridized carbons (Fsp3) is 0.522. The number of amides is 2. The minimum absolute atomic E-state index is 0.122. The number of carbonyl (C=O) groups is 3. The maximum Gasteiger partial charge on any atom is 0.407 e. The van der Waals surface area contributed by atoms with E-state index in [9.17, 15) is 22.8 Å². The number of anilines is 1. The van der Waals surface area contributed by atoms with Gasteiger partial charge in [-0.25, -0.2) is 17.5 Å². The van der Waals surface area contributed by atoms with Gasteiger partial charge in [-0.15, -0.1) is 0 Å². The lowest BCUT2D eigenvalue weighted by molar-refractivity contribution is -0.123. The minimum Gasteiger partial charge on any atom is -0.444 e. The van der Waals surface area contributed by atoms with Gasteiger partial charge < -0.3 is 15.0 Å². The molecule has 0 aromatic heterocycles. The molecule has 0 aliphatic carbocycles. The summed E-state index contributed by atoms with van der Waals surface area (Å²) in [4.78, 5) is 38.2. The molecule has 1 saturated heterocycles. The first kappa shape index (κ1) is 24.8. The number of nitrogens with zero attached hydrogens (tertiary/aromatic N) is 2. The lowest BCUT2D eigenvalue weighted by atomic mass is 10.1. The Hall–Kier alpha value is -2.88. The lowest BCUT2D eigenvalue weighted by Gasteiger charge is -2.30. The van der Waals surface area contributed by atoms with Crippen molar-refractivity contribution in [2.45, 2.75) is 65.1 Å². The Morgan fingerprint density at radius 3 is 2.39 bits per heavy atom. The standard InChI is InChI=1S/C23H31N3O6S/c1-22(2,3)26-20(28)12-19(33(26,30)31)15-7-8-18(16(11-15)14-27)25-10-9-17(13-25)24-21(29)32-23(4,5)6/h7-8,11-12,14,17H,9-10,13H2,1-6H3,(H,24,29)/t17-/m1/s1. The molecule has 0 bridgehead atoms. The molecule has 9 nitrogen and oxygen atoms in total. The van der Waals surface area contributed by atoms with Gasteiger partial charge in [0.2, 0.25) is 0 Å². The number of carbonyl (C=O) groups excluding carboxylic acids is 3. The van der Waals surface area contributed by atoms with Crippen molar-refractivity contribution in [2.24, 2.45) is 0 Å². The first-order valence-electron chi connectivity index (χ1n) is 10.8. The molecule has 0 radical (unpaired) electrons. The van der Waals surface area contributed by atoms with Crippen molar-refractivity contribution in [2.75, 3.05) is 18.0 Å². The highest BCUT2D eigenvalue weighted by Gasteiger charge is 2.44. The maximum absolute atomic E-state index is 13.0. The van der Waals surface area contributed by atoms with Gasteiger partial charge in [0, 0.05) is 30.4 Å². The van der Waals surface area contributed by atoms with Crippen LogP contribution in [0, 0.1) is 0 Å². The van der Waals surface area contributed by atoms with E-state index in [-0.39, 0.29) is 16.5 Å². The second-order valence-corrected chi connectivity index (χ2v) is 12.0. The van der Waals surface area contributed by atoms with Crippen LogP contribution in [0.4, 0.5) is 10.5 Å². The predicted molar refractivity (Wildman–Crippen MR) is 125 cm³/mol. The molecule has 1 aromatic rings. The van der Waals surface area contributed by atoms with Crippen LogP contribution in [0.3, 0.4) is 0 Å². The molecule has 0 spiro atoms. The highest BCUT2D eigenvalue weighted by molar-refractivity contribution is 7.99. The van der Waals surface area contributed by atoms with Crippen molar-refractivity contribution >= 4 is 38.9 Å². The first-order chi connectivity index (χ1) is 15.1. The molecule has 0 unspecified atom stereocenters. The molecule has 33 heavy (non-hydrogen) atoms. The average molecular weight is 478 g/mol. The SMILES string of the molecule is CC(C)(C)OC(=O)N[C@@H]1CCN(c2ccc(C3=CC(=O)N(C(C)(C)C)S3(=O)=O)cc2C=O)C1. The van der Waals surface area contributed by atoms with Gasteiger partial charge >= 0.3 is 6.09 Å². The molecule has 2 aliphatic rings. The largest absolute Gasteiger partial charge is 0.444 e. The molecule has 1 fully saturated rings. The van der Waals surface area contributed by atoms with E-state index in [1.165, 1.54) is 6.07 Å². The number of hydrogen-bond acceptors (Lipinski definition) is 7. The highest BCUT2D eigenvalue weighted by atomic mass is 32.2. The third kappa shape index (κ3) is 5.21. The van der Waals surface area contributed by atoms with Crippen molar-refractivity contribution in [1.82, 2.24) is 9.62 Å². The van der Waals surface area contributed by atoms with Gasteiger partial charge in [0.15, 0.2) is 6.29 Å². The number of aldehydes is 1. The van der Waals surface area contributed by atoms with E-state index >= 15 is 0 Å². The molecule has 0 saturated carbocycles. The molecular formula is C23H31N3O6S. The smallest absolute Gasteiger partial charge is 0.407 e.